The van der Waals surface area contributed by atoms with Crippen molar-refractivity contribution in [2.75, 3.05) is 32.7 Å². The Balaban J connectivity index is 1.51. The maximum absolute atomic E-state index is 12.6. The second-order valence-corrected chi connectivity index (χ2v) is 6.69. The molecule has 0 radical (unpaired) electrons. The Bertz CT molecular complexity index is 817. The van der Waals surface area contributed by atoms with Crippen molar-refractivity contribution >= 4 is 18.2 Å². The summed E-state index contributed by atoms with van der Waals surface area (Å²) in [5.41, 5.74) is 1.71. The van der Waals surface area contributed by atoms with Crippen molar-refractivity contribution in [3.63, 3.8) is 0 Å². The lowest BCUT2D eigenvalue weighted by Crippen LogP contribution is -2.48. The lowest BCUT2D eigenvalue weighted by Gasteiger charge is -2.32. The predicted octanol–water partition coefficient (Wildman–Crippen LogP) is 1.36. The number of nitrogens with zero attached hydrogens (tertiary/aromatic N) is 3. The van der Waals surface area contributed by atoms with Crippen LogP contribution in [0.4, 0.5) is 0 Å². The third-order valence-electron chi connectivity index (χ3n) is 4.72. The van der Waals surface area contributed by atoms with Crippen molar-refractivity contribution in [1.29, 1.82) is 0 Å². The van der Waals surface area contributed by atoms with Gasteiger partial charge in [0.25, 0.3) is 11.8 Å². The van der Waals surface area contributed by atoms with Gasteiger partial charge in [-0.3, -0.25) is 14.4 Å². The van der Waals surface area contributed by atoms with Crippen molar-refractivity contribution in [3.05, 3.63) is 65.5 Å². The van der Waals surface area contributed by atoms with Gasteiger partial charge in [-0.1, -0.05) is 36.4 Å². The molecule has 0 bridgehead atoms. The zero-order valence-corrected chi connectivity index (χ0v) is 15.7. The van der Waals surface area contributed by atoms with Crippen LogP contribution in [0, 0.1) is 0 Å². The number of nitrogens with one attached hydrogen (secondary N) is 1. The van der Waals surface area contributed by atoms with Crippen LogP contribution in [0.15, 0.2) is 48.5 Å². The van der Waals surface area contributed by atoms with Crippen molar-refractivity contribution in [2.45, 2.75) is 12.8 Å². The van der Waals surface area contributed by atoms with E-state index in [0.29, 0.717) is 32.7 Å². The van der Waals surface area contributed by atoms with Crippen molar-refractivity contribution < 1.29 is 14.4 Å². The largest absolute Gasteiger partial charge is 0.351 e. The van der Waals surface area contributed by atoms with E-state index in [0.717, 1.165) is 19.3 Å². The number of piperazine rings is 1. The first kappa shape index (κ1) is 19.5. The van der Waals surface area contributed by atoms with E-state index >= 15 is 0 Å². The van der Waals surface area contributed by atoms with Gasteiger partial charge in [0, 0.05) is 32.7 Å². The van der Waals surface area contributed by atoms with Crippen LogP contribution in [-0.2, 0) is 11.2 Å². The SMILES string of the molecule is O=CN1CCN(C(=O)c2cccc(C(=O)NCCCc3ccccc3)n2)CC1. The molecule has 0 unspecified atom stereocenters. The van der Waals surface area contributed by atoms with Crippen LogP contribution in [0.2, 0.25) is 0 Å². The predicted molar refractivity (Wildman–Crippen MR) is 105 cm³/mol. The molecule has 1 aromatic heterocycles. The molecule has 3 amide bonds. The average molecular weight is 380 g/mol. The molecule has 1 aromatic carbocycles. The summed E-state index contributed by atoms with van der Waals surface area (Å²) in [5.74, 6) is -0.502. The smallest absolute Gasteiger partial charge is 0.272 e. The third kappa shape index (κ3) is 5.16. The first-order chi connectivity index (χ1) is 13.7. The number of hydrogen-bond donors (Lipinski definition) is 1. The number of pyridine rings is 1. The molecular weight excluding hydrogens is 356 g/mol. The lowest BCUT2D eigenvalue weighted by atomic mass is 10.1. The molecule has 146 valence electrons. The maximum atomic E-state index is 12.6. The average Bonchev–Trinajstić information content (AvgIpc) is 2.77. The molecule has 1 aliphatic rings. The zero-order valence-electron chi connectivity index (χ0n) is 15.7. The van der Waals surface area contributed by atoms with Gasteiger partial charge in [-0.25, -0.2) is 4.98 Å². The third-order valence-corrected chi connectivity index (χ3v) is 4.72. The molecule has 1 fully saturated rings. The van der Waals surface area contributed by atoms with E-state index in [1.54, 1.807) is 28.0 Å². The summed E-state index contributed by atoms with van der Waals surface area (Å²) in [6.45, 7) is 2.50. The van der Waals surface area contributed by atoms with Crippen LogP contribution in [0.1, 0.15) is 33.0 Å². The summed E-state index contributed by atoms with van der Waals surface area (Å²) < 4.78 is 0. The van der Waals surface area contributed by atoms with E-state index in [9.17, 15) is 14.4 Å². The molecule has 1 saturated heterocycles. The molecule has 0 saturated carbocycles. The fraction of sp³-hybridized carbons (Fsp3) is 0.333. The van der Waals surface area contributed by atoms with Crippen molar-refractivity contribution in [2.24, 2.45) is 0 Å². The van der Waals surface area contributed by atoms with Gasteiger partial charge in [-0.15, -0.1) is 0 Å². The molecule has 2 aromatic rings. The van der Waals surface area contributed by atoms with Gasteiger partial charge in [0.1, 0.15) is 11.4 Å². The Hall–Kier alpha value is -3.22. The van der Waals surface area contributed by atoms with Gasteiger partial charge in [0.2, 0.25) is 6.41 Å². The molecule has 0 spiro atoms. The van der Waals surface area contributed by atoms with E-state index in [1.165, 1.54) is 5.56 Å². The van der Waals surface area contributed by atoms with Gasteiger partial charge < -0.3 is 15.1 Å². The first-order valence-electron chi connectivity index (χ1n) is 9.45. The second kappa shape index (κ2) is 9.64. The molecule has 0 aliphatic carbocycles. The normalized spacial score (nSPS) is 13.9. The molecule has 28 heavy (non-hydrogen) atoms. The molecule has 7 nitrogen and oxygen atoms in total. The second-order valence-electron chi connectivity index (χ2n) is 6.69. The van der Waals surface area contributed by atoms with Crippen LogP contribution in [0.3, 0.4) is 0 Å². The van der Waals surface area contributed by atoms with Crippen molar-refractivity contribution in [1.82, 2.24) is 20.1 Å². The van der Waals surface area contributed by atoms with Crippen LogP contribution in [-0.4, -0.2) is 65.7 Å². The van der Waals surface area contributed by atoms with E-state index in [2.05, 4.69) is 22.4 Å². The van der Waals surface area contributed by atoms with Crippen LogP contribution in [0.5, 0.6) is 0 Å². The molecule has 1 N–H and O–H groups in total. The Kier molecular flexibility index (Phi) is 6.73. The minimum atomic E-state index is -0.284. The van der Waals surface area contributed by atoms with E-state index in [-0.39, 0.29) is 23.2 Å². The van der Waals surface area contributed by atoms with Gasteiger partial charge in [0.05, 0.1) is 0 Å². The number of carbonyl (C=O) groups excluding carboxylic acids is 3. The van der Waals surface area contributed by atoms with E-state index in [1.807, 2.05) is 18.2 Å². The molecular formula is C21H24N4O3. The van der Waals surface area contributed by atoms with Gasteiger partial charge in [-0.05, 0) is 30.5 Å². The maximum Gasteiger partial charge on any atom is 0.272 e. The molecule has 2 heterocycles. The highest BCUT2D eigenvalue weighted by molar-refractivity contribution is 5.96. The van der Waals surface area contributed by atoms with Gasteiger partial charge in [-0.2, -0.15) is 0 Å². The topological polar surface area (TPSA) is 82.6 Å². The highest BCUT2D eigenvalue weighted by atomic mass is 16.2. The minimum absolute atomic E-state index is 0.218. The van der Waals surface area contributed by atoms with Gasteiger partial charge in [0.15, 0.2) is 0 Å². The van der Waals surface area contributed by atoms with E-state index in [4.69, 9.17) is 0 Å². The number of amides is 3. The Morgan fingerprint density at radius 1 is 0.964 bits per heavy atom. The minimum Gasteiger partial charge on any atom is -0.351 e. The van der Waals surface area contributed by atoms with Crippen LogP contribution >= 0.6 is 0 Å². The molecule has 7 heteroatoms. The highest BCUT2D eigenvalue weighted by Gasteiger charge is 2.22. The molecule has 3 rings (SSSR count). The Labute approximate surface area is 164 Å². The first-order valence-corrected chi connectivity index (χ1v) is 9.45. The zero-order chi connectivity index (χ0) is 19.8. The summed E-state index contributed by atoms with van der Waals surface area (Å²) in [7, 11) is 0. The molecule has 1 aliphatic heterocycles. The lowest BCUT2D eigenvalue weighted by molar-refractivity contribution is -0.119. The highest BCUT2D eigenvalue weighted by Crippen LogP contribution is 2.08. The number of rotatable bonds is 7. The fourth-order valence-corrected chi connectivity index (χ4v) is 3.10. The number of hydrogen-bond acceptors (Lipinski definition) is 4. The monoisotopic (exact) mass is 380 g/mol. The van der Waals surface area contributed by atoms with Gasteiger partial charge >= 0.3 is 0 Å². The quantitative estimate of drug-likeness (QED) is 0.581. The van der Waals surface area contributed by atoms with Crippen LogP contribution < -0.4 is 5.32 Å². The molecule has 0 atom stereocenters. The summed E-state index contributed by atoms with van der Waals surface area (Å²) in [6.07, 6.45) is 2.51. The van der Waals surface area contributed by atoms with Crippen molar-refractivity contribution in [3.8, 4) is 0 Å². The summed E-state index contributed by atoms with van der Waals surface area (Å²) in [5, 5.41) is 2.86. The summed E-state index contributed by atoms with van der Waals surface area (Å²) >= 11 is 0. The number of benzene rings is 1. The number of aryl methyl sites for hydroxylation is 1. The summed E-state index contributed by atoms with van der Waals surface area (Å²) in [4.78, 5) is 43.3. The Morgan fingerprint density at radius 2 is 1.68 bits per heavy atom. The summed E-state index contributed by atoms with van der Waals surface area (Å²) in [6, 6.07) is 15.0. The van der Waals surface area contributed by atoms with E-state index < -0.39 is 0 Å². The fourth-order valence-electron chi connectivity index (χ4n) is 3.10. The number of carbonyl (C=O) groups is 3. The van der Waals surface area contributed by atoms with Crippen LogP contribution in [0.25, 0.3) is 0 Å². The Morgan fingerprint density at radius 3 is 2.39 bits per heavy atom. The number of aromatic nitrogens is 1. The standard InChI is InChI=1S/C21H24N4O3/c26-16-24-12-14-25(15-13-24)21(28)19-10-4-9-18(23-19)20(27)22-11-5-8-17-6-2-1-3-7-17/h1-4,6-7,9-10,16H,5,8,11-15H2,(H,22,27).